The summed E-state index contributed by atoms with van der Waals surface area (Å²) in [5, 5.41) is 12.8. The van der Waals surface area contributed by atoms with Crippen molar-refractivity contribution in [2.75, 3.05) is 12.1 Å². The topological polar surface area (TPSA) is 80.6 Å². The Balaban J connectivity index is 1.45. The van der Waals surface area contributed by atoms with E-state index in [0.717, 1.165) is 16.9 Å². The van der Waals surface area contributed by atoms with Crippen LogP contribution in [0, 0.1) is 18.3 Å². The number of halogens is 2. The van der Waals surface area contributed by atoms with Gasteiger partial charge in [0, 0.05) is 10.7 Å². The summed E-state index contributed by atoms with van der Waals surface area (Å²) >= 11 is 9.60. The minimum atomic E-state index is -0.512. The van der Waals surface area contributed by atoms with Crippen molar-refractivity contribution in [3.8, 4) is 23.3 Å². The Morgan fingerprint density at radius 2 is 2.03 bits per heavy atom. The first-order valence-electron chi connectivity index (χ1n) is 9.94. The summed E-state index contributed by atoms with van der Waals surface area (Å²) in [6.45, 7) is 2.37. The van der Waals surface area contributed by atoms with Crippen molar-refractivity contribution in [2.24, 2.45) is 0 Å². The number of hydrogen-bond acceptors (Lipinski definition) is 5. The van der Waals surface area contributed by atoms with Crippen molar-refractivity contribution in [3.63, 3.8) is 0 Å². The summed E-state index contributed by atoms with van der Waals surface area (Å²) in [6, 6.07) is 18.1. The fourth-order valence-electron chi connectivity index (χ4n) is 3.16. The summed E-state index contributed by atoms with van der Waals surface area (Å²) in [5.41, 5.74) is 2.87. The molecule has 0 atom stereocenters. The zero-order valence-electron chi connectivity index (χ0n) is 17.5. The van der Waals surface area contributed by atoms with Gasteiger partial charge in [-0.1, -0.05) is 29.8 Å². The molecule has 4 rings (SSSR count). The number of rotatable bonds is 6. The molecule has 1 aliphatic heterocycles. The van der Waals surface area contributed by atoms with Crippen LogP contribution >= 0.6 is 27.5 Å². The Kier molecular flexibility index (Phi) is 6.87. The molecular formula is C25H18BrClN2O4. The first-order valence-corrected chi connectivity index (χ1v) is 11.1. The lowest BCUT2D eigenvalue weighted by molar-refractivity contribution is -0.112. The van der Waals surface area contributed by atoms with E-state index in [-0.39, 0.29) is 12.4 Å². The molecule has 33 heavy (non-hydrogen) atoms. The van der Waals surface area contributed by atoms with Crippen molar-refractivity contribution in [3.05, 3.63) is 86.4 Å². The number of nitriles is 1. The molecule has 0 radical (unpaired) electrons. The summed E-state index contributed by atoms with van der Waals surface area (Å²) in [4.78, 5) is 12.6. The Morgan fingerprint density at radius 3 is 2.82 bits per heavy atom. The van der Waals surface area contributed by atoms with E-state index in [9.17, 15) is 10.1 Å². The Bertz CT molecular complexity index is 1300. The average Bonchev–Trinajstić information content (AvgIpc) is 3.28. The third-order valence-electron chi connectivity index (χ3n) is 4.98. The van der Waals surface area contributed by atoms with Gasteiger partial charge in [-0.2, -0.15) is 5.26 Å². The van der Waals surface area contributed by atoms with Crippen molar-refractivity contribution in [2.45, 2.75) is 13.5 Å². The molecule has 6 nitrogen and oxygen atoms in total. The second-order valence-corrected chi connectivity index (χ2v) is 8.46. The van der Waals surface area contributed by atoms with Gasteiger partial charge in [0.1, 0.15) is 24.0 Å². The number of amides is 1. The van der Waals surface area contributed by atoms with Gasteiger partial charge in [0.05, 0.1) is 4.47 Å². The molecule has 166 valence electrons. The minimum Gasteiger partial charge on any atom is -0.488 e. The van der Waals surface area contributed by atoms with Crippen molar-refractivity contribution in [1.29, 1.82) is 5.26 Å². The molecular weight excluding hydrogens is 508 g/mol. The van der Waals surface area contributed by atoms with Gasteiger partial charge < -0.3 is 19.5 Å². The van der Waals surface area contributed by atoms with Crippen molar-refractivity contribution >= 4 is 45.2 Å². The summed E-state index contributed by atoms with van der Waals surface area (Å²) in [5.74, 6) is 1.54. The summed E-state index contributed by atoms with van der Waals surface area (Å²) in [7, 11) is 0. The molecule has 1 aliphatic rings. The lowest BCUT2D eigenvalue weighted by Gasteiger charge is -2.10. The molecule has 0 aliphatic carbocycles. The lowest BCUT2D eigenvalue weighted by atomic mass is 10.1. The van der Waals surface area contributed by atoms with Crippen LogP contribution in [0.1, 0.15) is 16.7 Å². The van der Waals surface area contributed by atoms with Crippen LogP contribution in [-0.4, -0.2) is 12.7 Å². The Morgan fingerprint density at radius 1 is 1.21 bits per heavy atom. The highest BCUT2D eigenvalue weighted by Crippen LogP contribution is 2.33. The number of benzene rings is 3. The summed E-state index contributed by atoms with van der Waals surface area (Å²) in [6.07, 6.45) is 1.52. The molecule has 0 unspecified atom stereocenters. The van der Waals surface area contributed by atoms with E-state index in [1.807, 2.05) is 24.3 Å². The number of anilines is 1. The van der Waals surface area contributed by atoms with Gasteiger partial charge in [-0.05, 0) is 82.0 Å². The predicted molar refractivity (Wildman–Crippen MR) is 129 cm³/mol. The number of nitrogens with one attached hydrogen (secondary N) is 1. The number of carbonyl (C=O) groups is 1. The monoisotopic (exact) mass is 524 g/mol. The second-order valence-electron chi connectivity index (χ2n) is 7.20. The molecule has 1 N–H and O–H groups in total. The van der Waals surface area contributed by atoms with E-state index in [1.54, 1.807) is 43.3 Å². The fraction of sp³-hybridized carbons (Fsp3) is 0.120. The van der Waals surface area contributed by atoms with Gasteiger partial charge in [0.2, 0.25) is 6.79 Å². The van der Waals surface area contributed by atoms with E-state index < -0.39 is 5.91 Å². The van der Waals surface area contributed by atoms with E-state index in [1.165, 1.54) is 6.08 Å². The highest BCUT2D eigenvalue weighted by molar-refractivity contribution is 9.10. The van der Waals surface area contributed by atoms with Gasteiger partial charge in [0.25, 0.3) is 5.91 Å². The quantitative estimate of drug-likeness (QED) is 0.303. The molecule has 0 bridgehead atoms. The van der Waals surface area contributed by atoms with Crippen LogP contribution in [0.25, 0.3) is 6.08 Å². The van der Waals surface area contributed by atoms with E-state index in [2.05, 4.69) is 21.2 Å². The van der Waals surface area contributed by atoms with Crippen molar-refractivity contribution < 1.29 is 19.0 Å². The number of ether oxygens (including phenoxy) is 3. The van der Waals surface area contributed by atoms with Crippen LogP contribution in [-0.2, 0) is 11.4 Å². The largest absolute Gasteiger partial charge is 0.488 e. The SMILES string of the molecule is Cc1c(Cl)cccc1NC(=O)/C(C#N)=C\c1ccc(OCc2ccc3c(c2)OCO3)c(Br)c1. The van der Waals surface area contributed by atoms with E-state index in [0.29, 0.717) is 38.9 Å². The van der Waals surface area contributed by atoms with E-state index >= 15 is 0 Å². The first-order chi connectivity index (χ1) is 15.9. The van der Waals surface area contributed by atoms with Crippen LogP contribution in [0.2, 0.25) is 5.02 Å². The van der Waals surface area contributed by atoms with Crippen LogP contribution in [0.3, 0.4) is 0 Å². The Hall–Kier alpha value is -3.47. The van der Waals surface area contributed by atoms with Crippen LogP contribution < -0.4 is 19.5 Å². The number of hydrogen-bond donors (Lipinski definition) is 1. The molecule has 0 saturated heterocycles. The van der Waals surface area contributed by atoms with Crippen LogP contribution in [0.15, 0.2) is 64.6 Å². The number of fused-ring (bicyclic) bond motifs is 1. The normalized spacial score (nSPS) is 12.2. The molecule has 3 aromatic carbocycles. The highest BCUT2D eigenvalue weighted by atomic mass is 79.9. The molecule has 0 spiro atoms. The molecule has 0 saturated carbocycles. The first kappa shape index (κ1) is 22.7. The van der Waals surface area contributed by atoms with Gasteiger partial charge in [-0.25, -0.2) is 0 Å². The molecule has 1 amide bonds. The lowest BCUT2D eigenvalue weighted by Crippen LogP contribution is -2.14. The van der Waals surface area contributed by atoms with Gasteiger partial charge in [0.15, 0.2) is 11.5 Å². The fourth-order valence-corrected chi connectivity index (χ4v) is 3.85. The molecule has 8 heteroatoms. The zero-order chi connectivity index (χ0) is 23.4. The smallest absolute Gasteiger partial charge is 0.266 e. The van der Waals surface area contributed by atoms with Crippen molar-refractivity contribution in [1.82, 2.24) is 0 Å². The van der Waals surface area contributed by atoms with E-state index in [4.69, 9.17) is 25.8 Å². The number of carbonyl (C=O) groups excluding carboxylic acids is 1. The van der Waals surface area contributed by atoms with Gasteiger partial charge in [-0.3, -0.25) is 4.79 Å². The third-order valence-corrected chi connectivity index (χ3v) is 6.01. The number of nitrogens with zero attached hydrogens (tertiary/aromatic N) is 1. The Labute approximate surface area is 204 Å². The molecule has 1 heterocycles. The van der Waals surface area contributed by atoms with Gasteiger partial charge in [-0.15, -0.1) is 0 Å². The highest BCUT2D eigenvalue weighted by Gasteiger charge is 2.14. The third kappa shape index (κ3) is 5.30. The van der Waals surface area contributed by atoms with Crippen LogP contribution in [0.4, 0.5) is 5.69 Å². The standard InChI is InChI=1S/C25H18BrClN2O4/c1-15-20(27)3-2-4-21(15)29-25(30)18(12-28)9-16-5-7-22(19(26)10-16)31-13-17-6-8-23-24(11-17)33-14-32-23/h2-11H,13-14H2,1H3,(H,29,30)/b18-9-. The average molecular weight is 526 g/mol. The maximum atomic E-state index is 12.6. The molecule has 0 fully saturated rings. The summed E-state index contributed by atoms with van der Waals surface area (Å²) < 4.78 is 17.3. The molecule has 0 aromatic heterocycles. The molecule has 3 aromatic rings. The maximum Gasteiger partial charge on any atom is 0.266 e. The van der Waals surface area contributed by atoms with Gasteiger partial charge >= 0.3 is 0 Å². The predicted octanol–water partition coefficient (Wildman–Crippen LogP) is 6.26. The zero-order valence-corrected chi connectivity index (χ0v) is 19.9. The second kappa shape index (κ2) is 9.99. The minimum absolute atomic E-state index is 0.0321. The van der Waals surface area contributed by atoms with Crippen LogP contribution in [0.5, 0.6) is 17.2 Å². The maximum absolute atomic E-state index is 12.6.